The Kier molecular flexibility index (Phi) is 12.2. The maximum Gasteiger partial charge on any atom is 0.339 e. The van der Waals surface area contributed by atoms with Crippen molar-refractivity contribution in [3.8, 4) is 0 Å². The van der Waals surface area contributed by atoms with Crippen LogP contribution in [-0.4, -0.2) is 25.2 Å². The third-order valence-electron chi connectivity index (χ3n) is 4.74. The lowest BCUT2D eigenvalue weighted by molar-refractivity contribution is 0.0449. The zero-order valence-corrected chi connectivity index (χ0v) is 18.5. The van der Waals surface area contributed by atoms with Crippen molar-refractivity contribution in [2.24, 2.45) is 11.8 Å². The minimum absolute atomic E-state index is 0.0541. The molecule has 0 saturated heterocycles. The number of esters is 2. The van der Waals surface area contributed by atoms with E-state index in [1.54, 1.807) is 0 Å². The minimum Gasteiger partial charge on any atom is -0.462 e. The van der Waals surface area contributed by atoms with Gasteiger partial charge in [-0.2, -0.15) is 0 Å². The Labute approximate surface area is 175 Å². The Morgan fingerprint density at radius 3 is 1.72 bits per heavy atom. The number of hydrogen-bond acceptors (Lipinski definition) is 4. The van der Waals surface area contributed by atoms with Crippen LogP contribution in [0.3, 0.4) is 0 Å². The van der Waals surface area contributed by atoms with Gasteiger partial charge in [-0.15, -0.1) is 0 Å². The standard InChI is InChI=1S/C24H37FO4/c1-18(2)11-7-5-9-15-28-23(26)21-14-13-20(25)17-22(21)24(27)29-16-10-6-8-12-19(3)4/h13-14,17-19H,5-12,15-16H2,1-4H3. The second-order valence-electron chi connectivity index (χ2n) is 8.45. The fourth-order valence-electron chi connectivity index (χ4n) is 3.01. The Hall–Kier alpha value is -1.91. The quantitative estimate of drug-likeness (QED) is 0.258. The molecule has 5 heteroatoms. The van der Waals surface area contributed by atoms with Gasteiger partial charge in [-0.3, -0.25) is 0 Å². The van der Waals surface area contributed by atoms with Crippen molar-refractivity contribution in [2.45, 2.75) is 79.1 Å². The first-order valence-corrected chi connectivity index (χ1v) is 10.9. The Balaban J connectivity index is 2.49. The molecule has 0 spiro atoms. The maximum absolute atomic E-state index is 13.6. The summed E-state index contributed by atoms with van der Waals surface area (Å²) in [6, 6.07) is 3.48. The summed E-state index contributed by atoms with van der Waals surface area (Å²) < 4.78 is 24.2. The fourth-order valence-corrected chi connectivity index (χ4v) is 3.01. The molecule has 29 heavy (non-hydrogen) atoms. The summed E-state index contributed by atoms with van der Waals surface area (Å²) in [4.78, 5) is 24.7. The van der Waals surface area contributed by atoms with Gasteiger partial charge >= 0.3 is 11.9 Å². The van der Waals surface area contributed by atoms with Gasteiger partial charge in [0.05, 0.1) is 24.3 Å². The van der Waals surface area contributed by atoms with Crippen LogP contribution in [0.25, 0.3) is 0 Å². The molecule has 0 radical (unpaired) electrons. The van der Waals surface area contributed by atoms with Crippen LogP contribution in [0, 0.1) is 17.7 Å². The van der Waals surface area contributed by atoms with E-state index in [0.29, 0.717) is 18.4 Å². The number of ether oxygens (including phenoxy) is 2. The average molecular weight is 409 g/mol. The largest absolute Gasteiger partial charge is 0.462 e. The van der Waals surface area contributed by atoms with Crippen LogP contribution in [0.4, 0.5) is 4.39 Å². The molecule has 0 fully saturated rings. The molecular formula is C24H37FO4. The number of rotatable bonds is 14. The van der Waals surface area contributed by atoms with Crippen molar-refractivity contribution >= 4 is 11.9 Å². The number of unbranched alkanes of at least 4 members (excludes halogenated alkanes) is 4. The van der Waals surface area contributed by atoms with Crippen molar-refractivity contribution in [1.82, 2.24) is 0 Å². The molecule has 0 bridgehead atoms. The molecule has 0 aromatic heterocycles. The van der Waals surface area contributed by atoms with Crippen molar-refractivity contribution in [1.29, 1.82) is 0 Å². The van der Waals surface area contributed by atoms with Crippen LogP contribution in [-0.2, 0) is 9.47 Å². The molecule has 0 amide bonds. The Bertz CT molecular complexity index is 625. The molecule has 0 saturated carbocycles. The van der Waals surface area contributed by atoms with Crippen LogP contribution in [0.2, 0.25) is 0 Å². The highest BCUT2D eigenvalue weighted by Gasteiger charge is 2.20. The maximum atomic E-state index is 13.6. The zero-order valence-electron chi connectivity index (χ0n) is 18.5. The van der Waals surface area contributed by atoms with Crippen molar-refractivity contribution in [2.75, 3.05) is 13.2 Å². The van der Waals surface area contributed by atoms with Gasteiger partial charge in [-0.05, 0) is 42.9 Å². The van der Waals surface area contributed by atoms with Crippen LogP contribution < -0.4 is 0 Å². The summed E-state index contributed by atoms with van der Waals surface area (Å²) in [7, 11) is 0. The number of halogens is 1. The van der Waals surface area contributed by atoms with E-state index < -0.39 is 17.8 Å². The molecule has 0 atom stereocenters. The third-order valence-corrected chi connectivity index (χ3v) is 4.74. The first-order valence-electron chi connectivity index (χ1n) is 10.9. The van der Waals surface area contributed by atoms with Gasteiger partial charge in [-0.1, -0.05) is 66.2 Å². The third kappa shape index (κ3) is 11.0. The van der Waals surface area contributed by atoms with E-state index in [-0.39, 0.29) is 17.7 Å². The highest BCUT2D eigenvalue weighted by molar-refractivity contribution is 6.03. The van der Waals surface area contributed by atoms with Gasteiger partial charge in [0.15, 0.2) is 0 Å². The van der Waals surface area contributed by atoms with Gasteiger partial charge in [0.2, 0.25) is 0 Å². The fraction of sp³-hybridized carbons (Fsp3) is 0.667. The summed E-state index contributed by atoms with van der Waals surface area (Å²) in [5.41, 5.74) is -0.0182. The average Bonchev–Trinajstić information content (AvgIpc) is 2.66. The monoisotopic (exact) mass is 408 g/mol. The molecule has 1 aromatic carbocycles. The molecule has 1 rings (SSSR count). The predicted octanol–water partition coefficient (Wildman–Crippen LogP) is 6.57. The van der Waals surface area contributed by atoms with E-state index in [2.05, 4.69) is 27.7 Å². The zero-order chi connectivity index (χ0) is 21.6. The van der Waals surface area contributed by atoms with E-state index in [4.69, 9.17) is 9.47 Å². The molecule has 164 valence electrons. The summed E-state index contributed by atoms with van der Waals surface area (Å²) in [6.45, 7) is 9.27. The lowest BCUT2D eigenvalue weighted by Crippen LogP contribution is -2.15. The molecule has 0 heterocycles. The lowest BCUT2D eigenvalue weighted by atomic mass is 10.1. The second-order valence-corrected chi connectivity index (χ2v) is 8.45. The molecule has 0 N–H and O–H groups in total. The van der Waals surface area contributed by atoms with Gasteiger partial charge < -0.3 is 9.47 Å². The number of hydrogen-bond donors (Lipinski definition) is 0. The molecule has 0 aliphatic carbocycles. The molecular weight excluding hydrogens is 371 g/mol. The van der Waals surface area contributed by atoms with Gasteiger partial charge in [0, 0.05) is 0 Å². The number of carbonyl (C=O) groups excluding carboxylic acids is 2. The van der Waals surface area contributed by atoms with Gasteiger partial charge in [0.1, 0.15) is 5.82 Å². The smallest absolute Gasteiger partial charge is 0.339 e. The summed E-state index contributed by atoms with van der Waals surface area (Å²) in [6.07, 6.45) is 7.97. The summed E-state index contributed by atoms with van der Waals surface area (Å²) >= 11 is 0. The van der Waals surface area contributed by atoms with Crippen LogP contribution in [0.5, 0.6) is 0 Å². The normalized spacial score (nSPS) is 11.1. The first-order chi connectivity index (χ1) is 13.8. The van der Waals surface area contributed by atoms with E-state index in [9.17, 15) is 14.0 Å². The van der Waals surface area contributed by atoms with Crippen LogP contribution >= 0.6 is 0 Å². The van der Waals surface area contributed by atoms with Gasteiger partial charge in [0.25, 0.3) is 0 Å². The molecule has 0 aliphatic heterocycles. The Morgan fingerprint density at radius 2 is 1.24 bits per heavy atom. The van der Waals surface area contributed by atoms with Crippen LogP contribution in [0.15, 0.2) is 18.2 Å². The van der Waals surface area contributed by atoms with E-state index >= 15 is 0 Å². The lowest BCUT2D eigenvalue weighted by Gasteiger charge is -2.11. The number of benzene rings is 1. The minimum atomic E-state index is -0.683. The summed E-state index contributed by atoms with van der Waals surface area (Å²) in [5.74, 6) is -0.553. The molecule has 0 unspecified atom stereocenters. The highest BCUT2D eigenvalue weighted by Crippen LogP contribution is 2.16. The first kappa shape index (κ1) is 25.1. The second kappa shape index (κ2) is 14.1. The topological polar surface area (TPSA) is 52.6 Å². The van der Waals surface area contributed by atoms with Crippen molar-refractivity contribution in [3.05, 3.63) is 35.1 Å². The van der Waals surface area contributed by atoms with E-state index in [1.807, 2.05) is 0 Å². The SMILES string of the molecule is CC(C)CCCCCOC(=O)c1ccc(F)cc1C(=O)OCCCCCC(C)C. The van der Waals surface area contributed by atoms with Gasteiger partial charge in [-0.25, -0.2) is 14.0 Å². The molecule has 4 nitrogen and oxygen atoms in total. The Morgan fingerprint density at radius 1 is 0.759 bits per heavy atom. The van der Waals surface area contributed by atoms with E-state index in [0.717, 1.165) is 63.5 Å². The predicted molar refractivity (Wildman–Crippen MR) is 114 cm³/mol. The van der Waals surface area contributed by atoms with Crippen molar-refractivity contribution in [3.63, 3.8) is 0 Å². The van der Waals surface area contributed by atoms with Crippen LogP contribution in [0.1, 0.15) is 99.8 Å². The van der Waals surface area contributed by atoms with E-state index in [1.165, 1.54) is 6.07 Å². The number of carbonyl (C=O) groups is 2. The summed E-state index contributed by atoms with van der Waals surface area (Å²) in [5, 5.41) is 0. The highest BCUT2D eigenvalue weighted by atomic mass is 19.1. The molecule has 0 aliphatic rings. The molecule has 1 aromatic rings. The van der Waals surface area contributed by atoms with Crippen molar-refractivity contribution < 1.29 is 23.5 Å².